The normalized spacial score (nSPS) is 16.7. The molecule has 1 fully saturated rings. The molecule has 1 N–H and O–H groups in total. The van der Waals surface area contributed by atoms with Gasteiger partial charge in [0.2, 0.25) is 0 Å². The topological polar surface area (TPSA) is 29.9 Å². The van der Waals surface area contributed by atoms with Crippen LogP contribution in [-0.2, 0) is 13.5 Å². The maximum Gasteiger partial charge on any atom is 0.0629 e. The summed E-state index contributed by atoms with van der Waals surface area (Å²) in [6.45, 7) is 5.80. The van der Waals surface area contributed by atoms with Crippen molar-refractivity contribution in [1.82, 2.24) is 15.1 Å². The van der Waals surface area contributed by atoms with Gasteiger partial charge in [0.1, 0.15) is 0 Å². The van der Waals surface area contributed by atoms with Crippen LogP contribution < -0.4 is 5.32 Å². The molecule has 0 aliphatic heterocycles. The predicted octanol–water partition coefficient (Wildman–Crippen LogP) is 2.13. The molecule has 3 nitrogen and oxygen atoms in total. The summed E-state index contributed by atoms with van der Waals surface area (Å²) in [5, 5.41) is 8.03. The fraction of sp³-hybridized carbons (Fsp3) is 0.769. The summed E-state index contributed by atoms with van der Waals surface area (Å²) in [4.78, 5) is 0. The average molecular weight is 221 g/mol. The second-order valence-corrected chi connectivity index (χ2v) is 5.80. The van der Waals surface area contributed by atoms with E-state index < -0.39 is 0 Å². The van der Waals surface area contributed by atoms with Gasteiger partial charge in [-0.25, -0.2) is 0 Å². The van der Waals surface area contributed by atoms with Crippen molar-refractivity contribution < 1.29 is 0 Å². The van der Waals surface area contributed by atoms with Gasteiger partial charge in [0.25, 0.3) is 0 Å². The molecule has 0 aromatic carbocycles. The fourth-order valence-corrected chi connectivity index (χ4v) is 2.04. The van der Waals surface area contributed by atoms with Crippen molar-refractivity contribution in [2.24, 2.45) is 12.5 Å². The summed E-state index contributed by atoms with van der Waals surface area (Å²) in [6.07, 6.45) is 7.06. The van der Waals surface area contributed by atoms with E-state index in [0.29, 0.717) is 5.41 Å². The highest BCUT2D eigenvalue weighted by atomic mass is 15.2. The first-order valence-electron chi connectivity index (χ1n) is 6.27. The molecule has 2 rings (SSSR count). The molecule has 0 unspecified atom stereocenters. The van der Waals surface area contributed by atoms with Crippen molar-refractivity contribution >= 4 is 0 Å². The molecule has 0 saturated heterocycles. The first-order chi connectivity index (χ1) is 7.55. The van der Waals surface area contributed by atoms with Gasteiger partial charge in [0.15, 0.2) is 0 Å². The van der Waals surface area contributed by atoms with Gasteiger partial charge < -0.3 is 5.32 Å². The molecule has 1 aliphatic carbocycles. The van der Waals surface area contributed by atoms with Crippen LogP contribution in [0.3, 0.4) is 0 Å². The zero-order chi connectivity index (χ0) is 11.6. The number of nitrogens with zero attached hydrogens (tertiary/aromatic N) is 2. The van der Waals surface area contributed by atoms with E-state index in [2.05, 4.69) is 30.3 Å². The Labute approximate surface area is 98.2 Å². The third-order valence-electron chi connectivity index (χ3n) is 3.24. The predicted molar refractivity (Wildman–Crippen MR) is 66.3 cm³/mol. The van der Waals surface area contributed by atoms with Gasteiger partial charge in [0, 0.05) is 19.3 Å². The molecule has 0 amide bonds. The van der Waals surface area contributed by atoms with Crippen molar-refractivity contribution in [3.8, 4) is 0 Å². The average Bonchev–Trinajstić information content (AvgIpc) is 2.90. The second-order valence-electron chi connectivity index (χ2n) is 5.80. The molecule has 90 valence electrons. The molecular weight excluding hydrogens is 198 g/mol. The SMILES string of the molecule is Cn1ccc(CC(C)(C)CCNC2CC2)n1. The lowest BCUT2D eigenvalue weighted by molar-refractivity contribution is 0.321. The zero-order valence-corrected chi connectivity index (χ0v) is 10.7. The summed E-state index contributed by atoms with van der Waals surface area (Å²) >= 11 is 0. The Kier molecular flexibility index (Phi) is 3.33. The van der Waals surface area contributed by atoms with E-state index in [1.54, 1.807) is 0 Å². The van der Waals surface area contributed by atoms with Gasteiger partial charge in [-0.2, -0.15) is 5.10 Å². The lowest BCUT2D eigenvalue weighted by Gasteiger charge is -2.23. The number of hydrogen-bond acceptors (Lipinski definition) is 2. The molecule has 1 aromatic rings. The number of hydrogen-bond donors (Lipinski definition) is 1. The zero-order valence-electron chi connectivity index (χ0n) is 10.7. The van der Waals surface area contributed by atoms with E-state index in [0.717, 1.165) is 19.0 Å². The van der Waals surface area contributed by atoms with Gasteiger partial charge >= 0.3 is 0 Å². The maximum absolute atomic E-state index is 4.45. The first kappa shape index (κ1) is 11.6. The van der Waals surface area contributed by atoms with Gasteiger partial charge in [-0.3, -0.25) is 4.68 Å². The van der Waals surface area contributed by atoms with Crippen LogP contribution in [0.25, 0.3) is 0 Å². The van der Waals surface area contributed by atoms with E-state index in [9.17, 15) is 0 Å². The van der Waals surface area contributed by atoms with E-state index in [1.165, 1.54) is 25.0 Å². The first-order valence-corrected chi connectivity index (χ1v) is 6.27. The Morgan fingerprint density at radius 3 is 2.81 bits per heavy atom. The van der Waals surface area contributed by atoms with E-state index in [4.69, 9.17) is 0 Å². The number of nitrogens with one attached hydrogen (secondary N) is 1. The molecule has 1 aliphatic rings. The largest absolute Gasteiger partial charge is 0.314 e. The summed E-state index contributed by atoms with van der Waals surface area (Å²) < 4.78 is 1.88. The van der Waals surface area contributed by atoms with Crippen molar-refractivity contribution in [3.63, 3.8) is 0 Å². The lowest BCUT2D eigenvalue weighted by Crippen LogP contribution is -2.25. The standard InChI is InChI=1S/C13H23N3/c1-13(2,7-8-14-11-4-5-11)10-12-6-9-16(3)15-12/h6,9,11,14H,4-5,7-8,10H2,1-3H3. The van der Waals surface area contributed by atoms with Gasteiger partial charge in [-0.05, 0) is 43.7 Å². The molecule has 1 saturated carbocycles. The van der Waals surface area contributed by atoms with Crippen LogP contribution in [0.5, 0.6) is 0 Å². The molecule has 16 heavy (non-hydrogen) atoms. The Morgan fingerprint density at radius 2 is 2.25 bits per heavy atom. The van der Waals surface area contributed by atoms with Gasteiger partial charge in [-0.15, -0.1) is 0 Å². The highest BCUT2D eigenvalue weighted by Crippen LogP contribution is 2.26. The molecule has 3 heteroatoms. The summed E-state index contributed by atoms with van der Waals surface area (Å²) in [7, 11) is 1.98. The molecule has 1 heterocycles. The Hall–Kier alpha value is -0.830. The Bertz CT molecular complexity index is 337. The highest BCUT2D eigenvalue weighted by Gasteiger charge is 2.23. The van der Waals surface area contributed by atoms with Crippen LogP contribution in [0.4, 0.5) is 0 Å². The molecule has 1 aromatic heterocycles. The van der Waals surface area contributed by atoms with Crippen molar-refractivity contribution in [1.29, 1.82) is 0 Å². The summed E-state index contributed by atoms with van der Waals surface area (Å²) in [5.41, 5.74) is 1.55. The van der Waals surface area contributed by atoms with Gasteiger partial charge in [0.05, 0.1) is 5.69 Å². The van der Waals surface area contributed by atoms with Crippen molar-refractivity contribution in [2.45, 2.75) is 45.6 Å². The number of aryl methyl sites for hydroxylation is 1. The van der Waals surface area contributed by atoms with Crippen LogP contribution in [-0.4, -0.2) is 22.4 Å². The smallest absolute Gasteiger partial charge is 0.0629 e. The maximum atomic E-state index is 4.45. The Balaban J connectivity index is 1.76. The fourth-order valence-electron chi connectivity index (χ4n) is 2.04. The van der Waals surface area contributed by atoms with Crippen molar-refractivity contribution in [2.75, 3.05) is 6.54 Å². The van der Waals surface area contributed by atoms with Crippen LogP contribution in [0.1, 0.15) is 38.8 Å². The van der Waals surface area contributed by atoms with Gasteiger partial charge in [-0.1, -0.05) is 13.8 Å². The number of rotatable bonds is 6. The quantitative estimate of drug-likeness (QED) is 0.797. The minimum absolute atomic E-state index is 0.343. The third-order valence-corrected chi connectivity index (χ3v) is 3.24. The summed E-state index contributed by atoms with van der Waals surface area (Å²) in [5.74, 6) is 0. The van der Waals surface area contributed by atoms with E-state index in [-0.39, 0.29) is 0 Å². The summed E-state index contributed by atoms with van der Waals surface area (Å²) in [6, 6.07) is 2.95. The molecule has 0 bridgehead atoms. The molecular formula is C13H23N3. The van der Waals surface area contributed by atoms with E-state index >= 15 is 0 Å². The van der Waals surface area contributed by atoms with E-state index in [1.807, 2.05) is 17.9 Å². The second kappa shape index (κ2) is 4.58. The highest BCUT2D eigenvalue weighted by molar-refractivity contribution is 5.01. The molecule has 0 radical (unpaired) electrons. The van der Waals surface area contributed by atoms with Crippen LogP contribution in [0, 0.1) is 5.41 Å². The van der Waals surface area contributed by atoms with Crippen LogP contribution in [0.2, 0.25) is 0 Å². The lowest BCUT2D eigenvalue weighted by atomic mass is 9.84. The molecule has 0 atom stereocenters. The minimum atomic E-state index is 0.343. The van der Waals surface area contributed by atoms with Crippen molar-refractivity contribution in [3.05, 3.63) is 18.0 Å². The van der Waals surface area contributed by atoms with Crippen LogP contribution >= 0.6 is 0 Å². The molecule has 0 spiro atoms. The number of aromatic nitrogens is 2. The Morgan fingerprint density at radius 1 is 1.50 bits per heavy atom. The van der Waals surface area contributed by atoms with Crippen LogP contribution in [0.15, 0.2) is 12.3 Å². The third kappa shape index (κ3) is 3.63. The monoisotopic (exact) mass is 221 g/mol. The minimum Gasteiger partial charge on any atom is -0.314 e.